The Morgan fingerprint density at radius 1 is 1.24 bits per heavy atom. The lowest BCUT2D eigenvalue weighted by Gasteiger charge is -1.95. The first-order valence-electron chi connectivity index (χ1n) is 5.03. The number of hydrogen-bond acceptors (Lipinski definition) is 3. The van der Waals surface area contributed by atoms with Gasteiger partial charge in [0.15, 0.2) is 0 Å². The highest BCUT2D eigenvalue weighted by atomic mass is 16.4. The van der Waals surface area contributed by atoms with Gasteiger partial charge in [0.05, 0.1) is 11.3 Å². The fourth-order valence-electron chi connectivity index (χ4n) is 1.29. The molecular formula is C13H10N2O2. The molecule has 1 aromatic carbocycles. The van der Waals surface area contributed by atoms with Crippen LogP contribution in [0.2, 0.25) is 0 Å². The maximum absolute atomic E-state index is 10.6. The Hall–Kier alpha value is -2.49. The van der Waals surface area contributed by atoms with Gasteiger partial charge in [0.1, 0.15) is 0 Å². The molecule has 0 bridgehead atoms. The molecule has 0 saturated heterocycles. The van der Waals surface area contributed by atoms with Gasteiger partial charge in [0, 0.05) is 24.2 Å². The average Bonchev–Trinajstić information content (AvgIpc) is 2.38. The molecule has 4 nitrogen and oxygen atoms in total. The highest BCUT2D eigenvalue weighted by molar-refractivity contribution is 5.88. The second kappa shape index (κ2) is 5.03. The van der Waals surface area contributed by atoms with E-state index in [1.807, 2.05) is 12.1 Å². The van der Waals surface area contributed by atoms with Crippen LogP contribution in [0.15, 0.2) is 53.8 Å². The van der Waals surface area contributed by atoms with Crippen molar-refractivity contribution in [1.82, 2.24) is 4.98 Å². The summed E-state index contributed by atoms with van der Waals surface area (Å²) < 4.78 is 0. The van der Waals surface area contributed by atoms with Gasteiger partial charge in [-0.3, -0.25) is 9.98 Å². The molecular weight excluding hydrogens is 216 g/mol. The number of aliphatic imine (C=N–C) groups is 1. The minimum Gasteiger partial charge on any atom is -0.478 e. The Morgan fingerprint density at radius 2 is 2.00 bits per heavy atom. The second-order valence-electron chi connectivity index (χ2n) is 3.40. The van der Waals surface area contributed by atoms with Crippen molar-refractivity contribution in [2.24, 2.45) is 4.99 Å². The first kappa shape index (κ1) is 11.0. The van der Waals surface area contributed by atoms with Crippen LogP contribution in [0.1, 0.15) is 15.9 Å². The van der Waals surface area contributed by atoms with E-state index in [0.29, 0.717) is 5.69 Å². The van der Waals surface area contributed by atoms with E-state index in [1.54, 1.807) is 30.7 Å². The second-order valence-corrected chi connectivity index (χ2v) is 3.40. The van der Waals surface area contributed by atoms with Gasteiger partial charge in [-0.15, -0.1) is 0 Å². The first-order valence-corrected chi connectivity index (χ1v) is 5.03. The number of aromatic nitrogens is 1. The molecule has 1 N–H and O–H groups in total. The van der Waals surface area contributed by atoms with Crippen LogP contribution in [0.5, 0.6) is 0 Å². The number of aromatic carboxylic acids is 1. The summed E-state index contributed by atoms with van der Waals surface area (Å²) in [4.78, 5) is 18.8. The standard InChI is InChI=1S/C13H10N2O2/c16-13(17)11-3-5-12(6-4-11)15-9-10-2-1-7-14-8-10/h1-9H,(H,16,17). The van der Waals surface area contributed by atoms with Crippen LogP contribution < -0.4 is 0 Å². The molecule has 4 heteroatoms. The fourth-order valence-corrected chi connectivity index (χ4v) is 1.29. The summed E-state index contributed by atoms with van der Waals surface area (Å²) in [5.41, 5.74) is 1.86. The number of carboxylic acids is 1. The summed E-state index contributed by atoms with van der Waals surface area (Å²) in [5.74, 6) is -0.937. The highest BCUT2D eigenvalue weighted by Crippen LogP contribution is 2.12. The van der Waals surface area contributed by atoms with Crippen LogP contribution in [-0.4, -0.2) is 22.3 Å². The number of hydrogen-bond donors (Lipinski definition) is 1. The minimum atomic E-state index is -0.937. The van der Waals surface area contributed by atoms with Crippen LogP contribution in [0.25, 0.3) is 0 Å². The van der Waals surface area contributed by atoms with Gasteiger partial charge < -0.3 is 5.11 Å². The highest BCUT2D eigenvalue weighted by Gasteiger charge is 2.00. The van der Waals surface area contributed by atoms with Crippen LogP contribution in [0, 0.1) is 0 Å². The maximum Gasteiger partial charge on any atom is 0.335 e. The zero-order valence-corrected chi connectivity index (χ0v) is 8.95. The lowest BCUT2D eigenvalue weighted by Crippen LogP contribution is -1.94. The molecule has 17 heavy (non-hydrogen) atoms. The van der Waals surface area contributed by atoms with Crippen molar-refractivity contribution in [1.29, 1.82) is 0 Å². The smallest absolute Gasteiger partial charge is 0.335 e. The summed E-state index contributed by atoms with van der Waals surface area (Å²) in [6.07, 6.45) is 5.08. The molecule has 2 aromatic rings. The van der Waals surface area contributed by atoms with Crippen LogP contribution in [0.4, 0.5) is 5.69 Å². The Morgan fingerprint density at radius 3 is 2.59 bits per heavy atom. The molecule has 2 rings (SSSR count). The third kappa shape index (κ3) is 2.98. The van der Waals surface area contributed by atoms with E-state index >= 15 is 0 Å². The summed E-state index contributed by atoms with van der Waals surface area (Å²) >= 11 is 0. The molecule has 0 aliphatic carbocycles. The number of rotatable bonds is 3. The zero-order valence-electron chi connectivity index (χ0n) is 8.95. The number of pyridine rings is 1. The number of benzene rings is 1. The number of carboxylic acid groups (broad SMARTS) is 1. The largest absolute Gasteiger partial charge is 0.478 e. The average molecular weight is 226 g/mol. The van der Waals surface area contributed by atoms with Gasteiger partial charge in [-0.2, -0.15) is 0 Å². The van der Waals surface area contributed by atoms with E-state index in [1.165, 1.54) is 12.1 Å². The molecule has 0 unspecified atom stereocenters. The summed E-state index contributed by atoms with van der Waals surface area (Å²) in [7, 11) is 0. The topological polar surface area (TPSA) is 62.5 Å². The minimum absolute atomic E-state index is 0.255. The monoisotopic (exact) mass is 226 g/mol. The number of carbonyl (C=O) groups is 1. The first-order chi connectivity index (χ1) is 8.25. The van der Waals surface area contributed by atoms with Crippen molar-refractivity contribution in [3.05, 3.63) is 59.9 Å². The number of nitrogens with zero attached hydrogens (tertiary/aromatic N) is 2. The summed E-state index contributed by atoms with van der Waals surface area (Å²) in [5, 5.41) is 8.74. The molecule has 0 radical (unpaired) electrons. The molecule has 0 amide bonds. The van der Waals surface area contributed by atoms with Gasteiger partial charge in [-0.1, -0.05) is 6.07 Å². The van der Waals surface area contributed by atoms with Crippen molar-refractivity contribution < 1.29 is 9.90 Å². The van der Waals surface area contributed by atoms with Crippen LogP contribution in [0.3, 0.4) is 0 Å². The lowest BCUT2D eigenvalue weighted by atomic mass is 10.2. The summed E-state index contributed by atoms with van der Waals surface area (Å²) in [6.45, 7) is 0. The van der Waals surface area contributed by atoms with E-state index < -0.39 is 5.97 Å². The predicted octanol–water partition coefficient (Wildman–Crippen LogP) is 2.53. The van der Waals surface area contributed by atoms with Crippen molar-refractivity contribution in [2.75, 3.05) is 0 Å². The molecule has 0 atom stereocenters. The van der Waals surface area contributed by atoms with Gasteiger partial charge in [-0.05, 0) is 30.3 Å². The van der Waals surface area contributed by atoms with Crippen molar-refractivity contribution in [3.8, 4) is 0 Å². The van der Waals surface area contributed by atoms with Gasteiger partial charge in [0.2, 0.25) is 0 Å². The normalized spacial score (nSPS) is 10.6. The molecule has 1 heterocycles. The maximum atomic E-state index is 10.6. The van der Waals surface area contributed by atoms with Crippen LogP contribution >= 0.6 is 0 Å². The molecule has 1 aromatic heterocycles. The Labute approximate surface area is 98.3 Å². The lowest BCUT2D eigenvalue weighted by molar-refractivity contribution is 0.0697. The Kier molecular flexibility index (Phi) is 3.25. The van der Waals surface area contributed by atoms with Crippen LogP contribution in [-0.2, 0) is 0 Å². The SMILES string of the molecule is O=C(O)c1ccc(N=Cc2cccnc2)cc1. The van der Waals surface area contributed by atoms with Crippen molar-refractivity contribution in [3.63, 3.8) is 0 Å². The van der Waals surface area contributed by atoms with Gasteiger partial charge in [-0.25, -0.2) is 4.79 Å². The molecule has 0 aliphatic heterocycles. The zero-order chi connectivity index (χ0) is 12.1. The molecule has 0 saturated carbocycles. The van der Waals surface area contributed by atoms with Gasteiger partial charge in [0.25, 0.3) is 0 Å². The van der Waals surface area contributed by atoms with Crippen molar-refractivity contribution in [2.45, 2.75) is 0 Å². The molecule has 84 valence electrons. The third-order valence-corrected chi connectivity index (χ3v) is 2.16. The molecule has 0 spiro atoms. The van der Waals surface area contributed by atoms with Gasteiger partial charge >= 0.3 is 5.97 Å². The van der Waals surface area contributed by atoms with E-state index in [9.17, 15) is 4.79 Å². The van der Waals surface area contributed by atoms with E-state index in [4.69, 9.17) is 5.11 Å². The summed E-state index contributed by atoms with van der Waals surface area (Å²) in [6, 6.07) is 10.1. The fraction of sp³-hybridized carbons (Fsp3) is 0. The Bertz CT molecular complexity index is 533. The molecule has 0 fully saturated rings. The quantitative estimate of drug-likeness (QED) is 0.818. The molecule has 0 aliphatic rings. The van der Waals surface area contributed by atoms with E-state index in [-0.39, 0.29) is 5.56 Å². The third-order valence-electron chi connectivity index (χ3n) is 2.16. The van der Waals surface area contributed by atoms with E-state index in [2.05, 4.69) is 9.98 Å². The Balaban J connectivity index is 2.14. The van der Waals surface area contributed by atoms with E-state index in [0.717, 1.165) is 5.56 Å². The van der Waals surface area contributed by atoms with Crippen molar-refractivity contribution >= 4 is 17.9 Å². The predicted molar refractivity (Wildman–Crippen MR) is 64.9 cm³/mol.